The summed E-state index contributed by atoms with van der Waals surface area (Å²) in [6.45, 7) is 10.2. The molecular formula is C38H42N3O4P. The zero-order chi connectivity index (χ0) is 32.9. The molecule has 4 aromatic carbocycles. The van der Waals surface area contributed by atoms with Crippen LogP contribution in [0.15, 0.2) is 97.2 Å². The van der Waals surface area contributed by atoms with Crippen LogP contribution >= 0.6 is 7.14 Å². The molecule has 0 radical (unpaired) electrons. The molecule has 7 nitrogen and oxygen atoms in total. The third-order valence-corrected chi connectivity index (χ3v) is 11.5. The third-order valence-electron chi connectivity index (χ3n) is 8.22. The fraction of sp³-hybridized carbons (Fsp3) is 0.263. The monoisotopic (exact) mass is 635 g/mol. The first-order valence-corrected chi connectivity index (χ1v) is 17.7. The molecule has 8 heteroatoms. The van der Waals surface area contributed by atoms with Crippen molar-refractivity contribution in [3.8, 4) is 17.2 Å². The van der Waals surface area contributed by atoms with Gasteiger partial charge in [-0.1, -0.05) is 89.2 Å². The summed E-state index contributed by atoms with van der Waals surface area (Å²) in [6, 6.07) is 28.9. The van der Waals surface area contributed by atoms with Gasteiger partial charge in [-0.25, -0.2) is 4.79 Å². The maximum absolute atomic E-state index is 13.9. The van der Waals surface area contributed by atoms with Gasteiger partial charge in [0.05, 0.1) is 23.8 Å². The lowest BCUT2D eigenvalue weighted by molar-refractivity contribution is 0.262. The molecule has 1 aromatic heterocycles. The van der Waals surface area contributed by atoms with Gasteiger partial charge in [-0.15, -0.1) is 0 Å². The predicted molar refractivity (Wildman–Crippen MR) is 190 cm³/mol. The lowest BCUT2D eigenvalue weighted by atomic mass is 9.86. The van der Waals surface area contributed by atoms with Crippen molar-refractivity contribution in [2.45, 2.75) is 46.5 Å². The number of anilines is 2. The van der Waals surface area contributed by atoms with Crippen molar-refractivity contribution in [1.29, 1.82) is 0 Å². The summed E-state index contributed by atoms with van der Waals surface area (Å²) in [5, 5.41) is 8.35. The summed E-state index contributed by atoms with van der Waals surface area (Å²) < 4.78 is 26.1. The van der Waals surface area contributed by atoms with Gasteiger partial charge in [0.25, 0.3) is 0 Å². The van der Waals surface area contributed by atoms with Crippen molar-refractivity contribution < 1.29 is 18.8 Å². The van der Waals surface area contributed by atoms with Gasteiger partial charge < -0.3 is 24.7 Å². The van der Waals surface area contributed by atoms with E-state index in [9.17, 15) is 9.36 Å². The smallest absolute Gasteiger partial charge is 0.323 e. The van der Waals surface area contributed by atoms with Gasteiger partial charge in [0.15, 0.2) is 5.75 Å². The molecule has 2 N–H and O–H groups in total. The number of hydrogen-bond acceptors (Lipinski definition) is 5. The highest BCUT2D eigenvalue weighted by molar-refractivity contribution is 7.71. The van der Waals surface area contributed by atoms with Crippen molar-refractivity contribution in [1.82, 2.24) is 4.98 Å². The summed E-state index contributed by atoms with van der Waals surface area (Å²) >= 11 is 0. The molecule has 0 aliphatic rings. The molecular weight excluding hydrogens is 593 g/mol. The number of aromatic nitrogens is 1. The van der Waals surface area contributed by atoms with Crippen LogP contribution in [0.1, 0.15) is 51.4 Å². The molecule has 1 heterocycles. The minimum absolute atomic E-state index is 0.233. The van der Waals surface area contributed by atoms with Crippen molar-refractivity contribution in [3.05, 3.63) is 114 Å². The number of methoxy groups -OCH3 is 1. The fourth-order valence-corrected chi connectivity index (χ4v) is 7.60. The van der Waals surface area contributed by atoms with Crippen LogP contribution in [0.5, 0.6) is 17.2 Å². The van der Waals surface area contributed by atoms with Crippen molar-refractivity contribution in [2.24, 2.45) is 0 Å². The van der Waals surface area contributed by atoms with E-state index in [2.05, 4.69) is 48.5 Å². The van der Waals surface area contributed by atoms with E-state index >= 15 is 0 Å². The zero-order valence-electron chi connectivity index (χ0n) is 27.4. The van der Waals surface area contributed by atoms with Gasteiger partial charge in [0, 0.05) is 47.5 Å². The molecule has 0 spiro atoms. The van der Waals surface area contributed by atoms with Crippen LogP contribution in [-0.4, -0.2) is 30.4 Å². The SMILES string of the molecule is CCP(=O)(CC)c1cc(C(C)(C)C)cc(NC(=O)Nc2ccc(Oc3ccnc(Cc4ccccc4)c3)c3ccccc23)c1OC. The van der Waals surface area contributed by atoms with Gasteiger partial charge >= 0.3 is 6.03 Å². The Labute approximate surface area is 271 Å². The number of ether oxygens (including phenoxy) is 2. The van der Waals surface area contributed by atoms with Crippen LogP contribution in [0.2, 0.25) is 0 Å². The standard InChI is InChI=1S/C38H42N3O4P/c1-7-46(43,8-2)35-24-27(38(3,4)5)23-33(36(35)44-6)41-37(42)40-32-18-19-34(31-17-13-12-16-30(31)32)45-29-20-21-39-28(25-29)22-26-14-10-9-11-15-26/h9-21,23-25H,7-8,22H2,1-6H3,(H2,40,41,42). The van der Waals surface area contributed by atoms with Crippen molar-refractivity contribution >= 4 is 40.6 Å². The molecule has 5 aromatic rings. The van der Waals surface area contributed by atoms with E-state index in [1.807, 2.05) is 92.7 Å². The molecule has 0 atom stereocenters. The van der Waals surface area contributed by atoms with Crippen LogP contribution in [0.3, 0.4) is 0 Å². The summed E-state index contributed by atoms with van der Waals surface area (Å²) in [5.74, 6) is 1.79. The maximum Gasteiger partial charge on any atom is 0.323 e. The second kappa shape index (κ2) is 13.8. The van der Waals surface area contributed by atoms with E-state index in [1.165, 1.54) is 5.56 Å². The Kier molecular flexibility index (Phi) is 9.83. The Morgan fingerprint density at radius 1 is 0.826 bits per heavy atom. The number of pyridine rings is 1. The van der Waals surface area contributed by atoms with Crippen LogP contribution in [0, 0.1) is 0 Å². The Balaban J connectivity index is 1.42. The van der Waals surface area contributed by atoms with Crippen LogP contribution < -0.4 is 25.4 Å². The number of carbonyl (C=O) groups excluding carboxylic acids is 1. The van der Waals surface area contributed by atoms with Gasteiger partial charge in [0.2, 0.25) is 0 Å². The number of rotatable bonds is 10. The average molecular weight is 636 g/mol. The first kappa shape index (κ1) is 32.8. The fourth-order valence-electron chi connectivity index (χ4n) is 5.51. The number of benzene rings is 4. The predicted octanol–water partition coefficient (Wildman–Crippen LogP) is 9.60. The van der Waals surface area contributed by atoms with E-state index in [-0.39, 0.29) is 5.41 Å². The summed E-state index contributed by atoms with van der Waals surface area (Å²) in [5.41, 5.74) is 3.93. The number of hydrogen-bond donors (Lipinski definition) is 2. The minimum atomic E-state index is -2.72. The highest BCUT2D eigenvalue weighted by Crippen LogP contribution is 2.49. The van der Waals surface area contributed by atoms with Gasteiger partial charge in [-0.05, 0) is 46.9 Å². The molecule has 46 heavy (non-hydrogen) atoms. The van der Waals surface area contributed by atoms with Gasteiger partial charge in [-0.3, -0.25) is 4.98 Å². The van der Waals surface area contributed by atoms with E-state index in [4.69, 9.17) is 9.47 Å². The lowest BCUT2D eigenvalue weighted by Crippen LogP contribution is -2.24. The Hall–Kier alpha value is -4.61. The maximum atomic E-state index is 13.9. The molecule has 5 rings (SSSR count). The van der Waals surface area contributed by atoms with Gasteiger partial charge in [0.1, 0.15) is 18.6 Å². The summed E-state index contributed by atoms with van der Waals surface area (Å²) in [7, 11) is -1.17. The number of carbonyl (C=O) groups is 1. The third kappa shape index (κ3) is 7.27. The molecule has 0 fully saturated rings. The van der Waals surface area contributed by atoms with Crippen molar-refractivity contribution in [2.75, 3.05) is 30.1 Å². The van der Waals surface area contributed by atoms with E-state index in [0.29, 0.717) is 52.7 Å². The molecule has 0 saturated carbocycles. The van der Waals surface area contributed by atoms with Crippen LogP contribution in [0.4, 0.5) is 16.2 Å². The first-order valence-electron chi connectivity index (χ1n) is 15.6. The minimum Gasteiger partial charge on any atom is -0.494 e. The van der Waals surface area contributed by atoms with Gasteiger partial charge in [-0.2, -0.15) is 0 Å². The average Bonchev–Trinajstić information content (AvgIpc) is 3.05. The van der Waals surface area contributed by atoms with E-state index in [0.717, 1.165) is 22.0 Å². The van der Waals surface area contributed by atoms with Crippen LogP contribution in [-0.2, 0) is 16.4 Å². The van der Waals surface area contributed by atoms with E-state index < -0.39 is 13.2 Å². The number of nitrogens with zero attached hydrogens (tertiary/aromatic N) is 1. The Morgan fingerprint density at radius 2 is 1.50 bits per heavy atom. The Bertz CT molecular complexity index is 1890. The number of nitrogens with one attached hydrogen (secondary N) is 2. The van der Waals surface area contributed by atoms with Crippen molar-refractivity contribution in [3.63, 3.8) is 0 Å². The first-order chi connectivity index (χ1) is 22.0. The zero-order valence-corrected chi connectivity index (χ0v) is 28.3. The van der Waals surface area contributed by atoms with Crippen LogP contribution in [0.25, 0.3) is 10.8 Å². The molecule has 0 aliphatic heterocycles. The quantitative estimate of drug-likeness (QED) is 0.149. The number of urea groups is 1. The molecule has 0 aliphatic carbocycles. The molecule has 238 valence electrons. The normalized spacial score (nSPS) is 11.7. The topological polar surface area (TPSA) is 89.6 Å². The Morgan fingerprint density at radius 3 is 2.17 bits per heavy atom. The lowest BCUT2D eigenvalue weighted by Gasteiger charge is -2.26. The molecule has 0 unspecified atom stereocenters. The summed E-state index contributed by atoms with van der Waals surface area (Å²) in [4.78, 5) is 18.1. The molecule has 2 amide bonds. The second-order valence-corrected chi connectivity index (χ2v) is 15.9. The number of fused-ring (bicyclic) bond motifs is 1. The molecule has 0 bridgehead atoms. The van der Waals surface area contributed by atoms with E-state index in [1.54, 1.807) is 13.3 Å². The largest absolute Gasteiger partial charge is 0.494 e. The molecule has 0 saturated heterocycles. The summed E-state index contributed by atoms with van der Waals surface area (Å²) in [6.07, 6.45) is 3.47. The highest BCUT2D eigenvalue weighted by Gasteiger charge is 2.30. The highest BCUT2D eigenvalue weighted by atomic mass is 31.2. The number of amides is 2. The second-order valence-electron chi connectivity index (χ2n) is 12.3.